The molecule has 13 heteroatoms. The third-order valence-electron chi connectivity index (χ3n) is 7.98. The van der Waals surface area contributed by atoms with Crippen molar-refractivity contribution in [3.63, 3.8) is 0 Å². The first-order valence-corrected chi connectivity index (χ1v) is 18.0. The Labute approximate surface area is 280 Å². The summed E-state index contributed by atoms with van der Waals surface area (Å²) in [5, 5.41) is 4.96. The van der Waals surface area contributed by atoms with E-state index < -0.39 is 68.1 Å². The van der Waals surface area contributed by atoms with Gasteiger partial charge in [-0.15, -0.1) is 0 Å². The summed E-state index contributed by atoms with van der Waals surface area (Å²) in [4.78, 5) is 40.8. The number of aryl methyl sites for hydroxylation is 1. The number of esters is 1. The molecule has 0 saturated heterocycles. The second-order valence-corrected chi connectivity index (χ2v) is 14.2. The monoisotopic (exact) mass is 688 g/mol. The normalized spacial score (nSPS) is 13.6. The molecule has 3 aromatic rings. The zero-order valence-electron chi connectivity index (χ0n) is 27.6. The summed E-state index contributed by atoms with van der Waals surface area (Å²) in [6.07, 6.45) is 2.81. The fourth-order valence-corrected chi connectivity index (χ4v) is 7.59. The number of carbonyl (C=O) groups is 2. The number of H-pyrrole nitrogens is 1. The second kappa shape index (κ2) is 18.6. The summed E-state index contributed by atoms with van der Waals surface area (Å²) < 4.78 is 60.9. The van der Waals surface area contributed by atoms with E-state index in [1.54, 1.807) is 0 Å². The van der Waals surface area contributed by atoms with E-state index in [0.717, 1.165) is 48.0 Å². The van der Waals surface area contributed by atoms with Crippen molar-refractivity contribution >= 4 is 21.7 Å². The Morgan fingerprint density at radius 1 is 0.938 bits per heavy atom. The number of aromatic amines is 1. The molecule has 48 heavy (non-hydrogen) atoms. The Bertz CT molecular complexity index is 1640. The van der Waals surface area contributed by atoms with Crippen LogP contribution in [0.5, 0.6) is 0 Å². The zero-order chi connectivity index (χ0) is 35.3. The number of benzene rings is 2. The fourth-order valence-electron chi connectivity index (χ4n) is 5.44. The molecule has 1 heterocycles. The van der Waals surface area contributed by atoms with E-state index in [1.807, 2.05) is 45.0 Å². The number of ether oxygens (including phenoxy) is 1. The van der Waals surface area contributed by atoms with Gasteiger partial charge in [-0.05, 0) is 60.6 Å². The number of hydrogen-bond donors (Lipinski definition) is 4. The van der Waals surface area contributed by atoms with Crippen LogP contribution >= 0.6 is 0 Å². The molecule has 0 radical (unpaired) electrons. The van der Waals surface area contributed by atoms with Crippen LogP contribution in [0.1, 0.15) is 73.5 Å². The van der Waals surface area contributed by atoms with E-state index >= 15 is 0 Å². The molecule has 0 aliphatic rings. The molecule has 1 amide bonds. The number of amides is 1. The molecule has 0 saturated carbocycles. The molecule has 0 aliphatic heterocycles. The number of rotatable bonds is 19. The minimum Gasteiger partial charge on any atom is -0.458 e. The highest BCUT2D eigenvalue weighted by atomic mass is 32.2. The number of nitrogens with one attached hydrogen (secondary N) is 3. The van der Waals surface area contributed by atoms with E-state index in [1.165, 1.54) is 6.07 Å². The zero-order valence-corrected chi connectivity index (χ0v) is 28.5. The van der Waals surface area contributed by atoms with Gasteiger partial charge < -0.3 is 26.1 Å². The van der Waals surface area contributed by atoms with Crippen molar-refractivity contribution in [2.45, 2.75) is 89.3 Å². The summed E-state index contributed by atoms with van der Waals surface area (Å²) >= 11 is 0. The predicted molar refractivity (Wildman–Crippen MR) is 181 cm³/mol. The van der Waals surface area contributed by atoms with Crippen LogP contribution < -0.4 is 21.9 Å². The molecular formula is C35H46F2N4O6S. The van der Waals surface area contributed by atoms with Crippen molar-refractivity contribution in [2.75, 3.05) is 12.3 Å². The lowest BCUT2D eigenvalue weighted by atomic mass is 10.0. The highest BCUT2D eigenvalue weighted by molar-refractivity contribution is 7.92. The van der Waals surface area contributed by atoms with Gasteiger partial charge >= 0.3 is 5.97 Å². The van der Waals surface area contributed by atoms with Crippen molar-refractivity contribution in [1.29, 1.82) is 0 Å². The van der Waals surface area contributed by atoms with Gasteiger partial charge in [0.15, 0.2) is 9.84 Å². The highest BCUT2D eigenvalue weighted by Gasteiger charge is 2.35. The Hall–Kier alpha value is -3.94. The van der Waals surface area contributed by atoms with Gasteiger partial charge in [0.25, 0.3) is 5.91 Å². The average Bonchev–Trinajstić information content (AvgIpc) is 3.03. The van der Waals surface area contributed by atoms with E-state index in [4.69, 9.17) is 10.5 Å². The maximum absolute atomic E-state index is 14.0. The Morgan fingerprint density at radius 3 is 2.21 bits per heavy atom. The van der Waals surface area contributed by atoms with Gasteiger partial charge in [0, 0.05) is 37.5 Å². The number of halogens is 2. The summed E-state index contributed by atoms with van der Waals surface area (Å²) in [5.41, 5.74) is 8.38. The smallest absolute Gasteiger partial charge is 0.330 e. The Morgan fingerprint density at radius 2 is 1.60 bits per heavy atom. The van der Waals surface area contributed by atoms with Crippen LogP contribution in [0.4, 0.5) is 8.78 Å². The van der Waals surface area contributed by atoms with Crippen molar-refractivity contribution in [1.82, 2.24) is 15.6 Å². The molecule has 5 N–H and O–H groups in total. The maximum atomic E-state index is 14.0. The first-order chi connectivity index (χ1) is 22.8. The lowest BCUT2D eigenvalue weighted by molar-refractivity contribution is -0.151. The van der Waals surface area contributed by atoms with Crippen LogP contribution in [0.15, 0.2) is 65.6 Å². The van der Waals surface area contributed by atoms with Gasteiger partial charge in [0.05, 0.1) is 16.6 Å². The number of nitrogens with two attached hydrogens (primary N) is 1. The Kier molecular flexibility index (Phi) is 14.9. The first kappa shape index (κ1) is 38.5. The van der Waals surface area contributed by atoms with Crippen molar-refractivity contribution in [3.05, 3.63) is 105 Å². The molecule has 3 rings (SSSR count). The van der Waals surface area contributed by atoms with E-state index in [2.05, 4.69) is 15.6 Å². The van der Waals surface area contributed by atoms with Crippen LogP contribution in [0, 0.1) is 11.6 Å². The topological polar surface area (TPSA) is 160 Å². The van der Waals surface area contributed by atoms with E-state index in [9.17, 15) is 31.6 Å². The largest absolute Gasteiger partial charge is 0.458 e. The fraction of sp³-hybridized carbons (Fsp3) is 0.457. The van der Waals surface area contributed by atoms with Crippen LogP contribution in [0.25, 0.3) is 0 Å². The van der Waals surface area contributed by atoms with E-state index in [0.29, 0.717) is 32.2 Å². The SMILES string of the molecule is CCCC(CCC)S(=O)(=O)C[C@H](NC(=O)c1ccc(=O)[nH]c1)C(=O)O[C@H](CNCc1cccc(CC)c1)[C@@H](N)Cc1cc(F)cc(F)c1. The third-order valence-corrected chi connectivity index (χ3v) is 10.3. The molecule has 262 valence electrons. The highest BCUT2D eigenvalue weighted by Crippen LogP contribution is 2.18. The van der Waals surface area contributed by atoms with Gasteiger partial charge in [0.2, 0.25) is 5.56 Å². The average molecular weight is 689 g/mol. The molecule has 0 unspecified atom stereocenters. The number of aromatic nitrogens is 1. The number of sulfone groups is 1. The van der Waals surface area contributed by atoms with Gasteiger partial charge in [-0.25, -0.2) is 22.0 Å². The second-order valence-electron chi connectivity index (χ2n) is 11.9. The van der Waals surface area contributed by atoms with Crippen molar-refractivity contribution in [3.8, 4) is 0 Å². The minimum absolute atomic E-state index is 0.000762. The van der Waals surface area contributed by atoms with Crippen LogP contribution in [0.3, 0.4) is 0 Å². The number of hydrogen-bond acceptors (Lipinski definition) is 8. The lowest BCUT2D eigenvalue weighted by Crippen LogP contribution is -2.52. The number of pyridine rings is 1. The summed E-state index contributed by atoms with van der Waals surface area (Å²) in [7, 11) is -3.90. The summed E-state index contributed by atoms with van der Waals surface area (Å²) in [6, 6.07) is 10.7. The molecule has 1 aromatic heterocycles. The van der Waals surface area contributed by atoms with Crippen LogP contribution in [0.2, 0.25) is 0 Å². The molecular weight excluding hydrogens is 642 g/mol. The van der Waals surface area contributed by atoms with Crippen LogP contribution in [-0.4, -0.2) is 61.0 Å². The minimum atomic E-state index is -3.90. The maximum Gasteiger partial charge on any atom is 0.330 e. The molecule has 0 spiro atoms. The molecule has 3 atom stereocenters. The third kappa shape index (κ3) is 11.9. The molecule has 2 aromatic carbocycles. The summed E-state index contributed by atoms with van der Waals surface area (Å²) in [5.74, 6) is -4.13. The molecule has 0 bridgehead atoms. The van der Waals surface area contributed by atoms with Crippen LogP contribution in [-0.2, 0) is 38.8 Å². The van der Waals surface area contributed by atoms with Gasteiger partial charge in [0.1, 0.15) is 23.8 Å². The Balaban J connectivity index is 1.90. The predicted octanol–water partition coefficient (Wildman–Crippen LogP) is 3.97. The molecule has 0 fully saturated rings. The standard InChI is InChI=1S/C35H46F2N4O6S/c1-4-8-29(9-5-2)48(45,46)22-31(41-34(43)26-12-13-33(42)40-20-26)35(44)47-32(21-39-19-24-11-7-10-23(6-3)14-24)30(38)17-25-15-27(36)18-28(37)16-25/h7,10-16,18,20,29-32,39H,4-6,8-9,17,19,21-22,38H2,1-3H3,(H,40,42)(H,41,43)/t30-,31-,32+/m0/s1. The van der Waals surface area contributed by atoms with E-state index in [-0.39, 0.29) is 24.1 Å². The quantitative estimate of drug-likeness (QED) is 0.138. The number of carbonyl (C=O) groups excluding carboxylic acids is 2. The van der Waals surface area contributed by atoms with Gasteiger partial charge in [-0.1, -0.05) is 57.9 Å². The first-order valence-electron chi connectivity index (χ1n) is 16.3. The molecule has 0 aliphatic carbocycles. The van der Waals surface area contributed by atoms with Gasteiger partial charge in [-0.2, -0.15) is 0 Å². The van der Waals surface area contributed by atoms with Crippen molar-refractivity contribution < 1.29 is 31.5 Å². The molecule has 10 nitrogen and oxygen atoms in total. The van der Waals surface area contributed by atoms with Gasteiger partial charge in [-0.3, -0.25) is 9.59 Å². The lowest BCUT2D eigenvalue weighted by Gasteiger charge is -2.28. The summed E-state index contributed by atoms with van der Waals surface area (Å²) in [6.45, 7) is 6.17. The van der Waals surface area contributed by atoms with Crippen molar-refractivity contribution in [2.24, 2.45) is 5.73 Å².